The molecule has 0 saturated heterocycles. The first-order valence-corrected chi connectivity index (χ1v) is 8.47. The van der Waals surface area contributed by atoms with E-state index in [0.29, 0.717) is 24.0 Å². The van der Waals surface area contributed by atoms with Crippen molar-refractivity contribution in [2.45, 2.75) is 40.0 Å². The molecule has 0 bridgehead atoms. The second-order valence-corrected chi connectivity index (χ2v) is 6.59. The molecule has 0 saturated carbocycles. The molecule has 2 rings (SSSR count). The molecule has 0 N–H and O–H groups in total. The first-order valence-electron chi connectivity index (χ1n) is 7.66. The van der Waals surface area contributed by atoms with Crippen LogP contribution in [-0.2, 0) is 4.79 Å². The summed E-state index contributed by atoms with van der Waals surface area (Å²) in [6.07, 6.45) is 5.96. The second kappa shape index (κ2) is 7.98. The third-order valence-electron chi connectivity index (χ3n) is 3.15. The summed E-state index contributed by atoms with van der Waals surface area (Å²) in [6, 6.07) is 3.82. The average molecular weight is 318 g/mol. The zero-order valence-corrected chi connectivity index (χ0v) is 14.1. The van der Waals surface area contributed by atoms with Crippen LogP contribution in [0.2, 0.25) is 0 Å². The van der Waals surface area contributed by atoms with Crippen molar-refractivity contribution >= 4 is 22.4 Å². The van der Waals surface area contributed by atoms with Gasteiger partial charge in [-0.3, -0.25) is 14.7 Å². The molecule has 0 fully saturated rings. The van der Waals surface area contributed by atoms with Gasteiger partial charge in [-0.1, -0.05) is 38.5 Å². The zero-order valence-electron chi connectivity index (χ0n) is 13.3. The molecule has 118 valence electrons. The van der Waals surface area contributed by atoms with E-state index in [1.165, 1.54) is 11.3 Å². The number of hydrogen-bond donors (Lipinski definition) is 0. The van der Waals surface area contributed by atoms with Gasteiger partial charge in [0.1, 0.15) is 0 Å². The summed E-state index contributed by atoms with van der Waals surface area (Å²) in [7, 11) is 0. The average Bonchev–Trinajstić information content (AvgIpc) is 3.00. The molecular weight excluding hydrogens is 296 g/mol. The fourth-order valence-electron chi connectivity index (χ4n) is 2.05. The minimum absolute atomic E-state index is 0.129. The van der Waals surface area contributed by atoms with Crippen LogP contribution in [0.25, 0.3) is 10.6 Å². The van der Waals surface area contributed by atoms with Gasteiger partial charge in [-0.15, -0.1) is 10.2 Å². The summed E-state index contributed by atoms with van der Waals surface area (Å²) < 4.78 is 0. The predicted octanol–water partition coefficient (Wildman–Crippen LogP) is 3.78. The van der Waals surface area contributed by atoms with E-state index in [4.69, 9.17) is 0 Å². The summed E-state index contributed by atoms with van der Waals surface area (Å²) in [6.45, 7) is 6.96. The Morgan fingerprint density at radius 3 is 2.82 bits per heavy atom. The normalized spacial score (nSPS) is 10.9. The molecule has 2 aromatic heterocycles. The van der Waals surface area contributed by atoms with Crippen molar-refractivity contribution < 1.29 is 4.79 Å². The van der Waals surface area contributed by atoms with Gasteiger partial charge in [-0.05, 0) is 24.5 Å². The van der Waals surface area contributed by atoms with E-state index in [-0.39, 0.29) is 5.91 Å². The van der Waals surface area contributed by atoms with Gasteiger partial charge in [0.2, 0.25) is 11.0 Å². The molecule has 0 aliphatic carbocycles. The van der Waals surface area contributed by atoms with Crippen LogP contribution in [0, 0.1) is 5.92 Å². The summed E-state index contributed by atoms with van der Waals surface area (Å²) in [4.78, 5) is 18.3. The molecule has 6 heteroatoms. The molecule has 0 unspecified atom stereocenters. The van der Waals surface area contributed by atoms with Crippen LogP contribution >= 0.6 is 11.3 Å². The number of amides is 1. The van der Waals surface area contributed by atoms with Gasteiger partial charge in [0.15, 0.2) is 5.01 Å². The molecule has 0 aliphatic heterocycles. The maximum atomic E-state index is 12.4. The summed E-state index contributed by atoms with van der Waals surface area (Å²) in [5.74, 6) is 0.515. The molecule has 0 spiro atoms. The number of rotatable bonds is 7. The fourth-order valence-corrected chi connectivity index (χ4v) is 2.91. The molecule has 2 aromatic rings. The minimum atomic E-state index is 0.129. The van der Waals surface area contributed by atoms with Gasteiger partial charge in [0, 0.05) is 30.9 Å². The Labute approximate surface area is 135 Å². The lowest BCUT2D eigenvalue weighted by molar-refractivity contribution is -0.118. The summed E-state index contributed by atoms with van der Waals surface area (Å²) >= 11 is 1.44. The zero-order chi connectivity index (χ0) is 15.9. The fraction of sp³-hybridized carbons (Fsp3) is 0.500. The molecule has 0 atom stereocenters. The van der Waals surface area contributed by atoms with E-state index in [1.807, 2.05) is 12.1 Å². The van der Waals surface area contributed by atoms with E-state index in [9.17, 15) is 4.79 Å². The lowest BCUT2D eigenvalue weighted by Gasteiger charge is -2.21. The van der Waals surface area contributed by atoms with E-state index < -0.39 is 0 Å². The highest BCUT2D eigenvalue weighted by molar-refractivity contribution is 7.18. The number of hydrogen-bond acceptors (Lipinski definition) is 5. The van der Waals surface area contributed by atoms with Gasteiger partial charge in [-0.2, -0.15) is 0 Å². The lowest BCUT2D eigenvalue weighted by Crippen LogP contribution is -2.34. The van der Waals surface area contributed by atoms with Gasteiger partial charge in [0.05, 0.1) is 0 Å². The van der Waals surface area contributed by atoms with Crippen molar-refractivity contribution in [1.29, 1.82) is 0 Å². The molecule has 1 amide bonds. The lowest BCUT2D eigenvalue weighted by atomic mass is 10.2. The molecule has 22 heavy (non-hydrogen) atoms. The number of pyridine rings is 1. The SMILES string of the molecule is CCCCC(=O)N(CC(C)C)c1nnc(-c2cccnc2)s1. The Balaban J connectivity index is 2.21. The molecule has 0 aliphatic rings. The molecular formula is C16H22N4OS. The Morgan fingerprint density at radius 2 is 2.18 bits per heavy atom. The smallest absolute Gasteiger partial charge is 0.228 e. The number of aromatic nitrogens is 3. The van der Waals surface area contributed by atoms with Crippen molar-refractivity contribution in [2.75, 3.05) is 11.4 Å². The quantitative estimate of drug-likeness (QED) is 0.779. The first-order chi connectivity index (χ1) is 10.6. The number of unbranched alkanes of at least 4 members (excludes halogenated alkanes) is 1. The Hall–Kier alpha value is -1.82. The number of carbonyl (C=O) groups is 1. The summed E-state index contributed by atoms with van der Waals surface area (Å²) in [5.41, 5.74) is 0.928. The molecule has 0 radical (unpaired) electrons. The minimum Gasteiger partial charge on any atom is -0.286 e. The van der Waals surface area contributed by atoms with Gasteiger partial charge in [-0.25, -0.2) is 0 Å². The Morgan fingerprint density at radius 1 is 1.36 bits per heavy atom. The highest BCUT2D eigenvalue weighted by Crippen LogP contribution is 2.29. The van der Waals surface area contributed by atoms with E-state index >= 15 is 0 Å². The third kappa shape index (κ3) is 4.34. The van der Waals surface area contributed by atoms with E-state index in [1.54, 1.807) is 17.3 Å². The second-order valence-electron chi connectivity index (χ2n) is 5.63. The molecule has 5 nitrogen and oxygen atoms in total. The van der Waals surface area contributed by atoms with Crippen molar-refractivity contribution in [2.24, 2.45) is 5.92 Å². The van der Waals surface area contributed by atoms with Crippen LogP contribution in [-0.4, -0.2) is 27.6 Å². The van der Waals surface area contributed by atoms with Gasteiger partial charge < -0.3 is 0 Å². The van der Waals surface area contributed by atoms with Crippen LogP contribution < -0.4 is 4.90 Å². The number of nitrogens with zero attached hydrogens (tertiary/aromatic N) is 4. The van der Waals surface area contributed by atoms with Crippen molar-refractivity contribution in [1.82, 2.24) is 15.2 Å². The number of carbonyl (C=O) groups excluding carboxylic acids is 1. The van der Waals surface area contributed by atoms with Crippen LogP contribution in [0.3, 0.4) is 0 Å². The third-order valence-corrected chi connectivity index (χ3v) is 4.14. The van der Waals surface area contributed by atoms with Gasteiger partial charge in [0.25, 0.3) is 0 Å². The highest BCUT2D eigenvalue weighted by Gasteiger charge is 2.21. The Kier molecular flexibility index (Phi) is 6.00. The van der Waals surface area contributed by atoms with Crippen molar-refractivity contribution in [3.63, 3.8) is 0 Å². The summed E-state index contributed by atoms with van der Waals surface area (Å²) in [5, 5.41) is 9.90. The largest absolute Gasteiger partial charge is 0.286 e. The van der Waals surface area contributed by atoms with Crippen LogP contribution in [0.4, 0.5) is 5.13 Å². The maximum absolute atomic E-state index is 12.4. The van der Waals surface area contributed by atoms with E-state index in [2.05, 4.69) is 36.0 Å². The first kappa shape index (κ1) is 16.5. The van der Waals surface area contributed by atoms with Crippen molar-refractivity contribution in [3.05, 3.63) is 24.5 Å². The Bertz CT molecular complexity index is 597. The highest BCUT2D eigenvalue weighted by atomic mass is 32.1. The molecule has 0 aromatic carbocycles. The predicted molar refractivity (Wildman–Crippen MR) is 89.9 cm³/mol. The standard InChI is InChI=1S/C16H22N4OS/c1-4-5-8-14(21)20(11-12(2)3)16-19-18-15(22-16)13-7-6-9-17-10-13/h6-7,9-10,12H,4-5,8,11H2,1-3H3. The van der Waals surface area contributed by atoms with Crippen LogP contribution in [0.1, 0.15) is 40.0 Å². The molecule has 2 heterocycles. The monoisotopic (exact) mass is 318 g/mol. The van der Waals surface area contributed by atoms with Crippen LogP contribution in [0.15, 0.2) is 24.5 Å². The van der Waals surface area contributed by atoms with Crippen molar-refractivity contribution in [3.8, 4) is 10.6 Å². The van der Waals surface area contributed by atoms with Crippen LogP contribution in [0.5, 0.6) is 0 Å². The maximum Gasteiger partial charge on any atom is 0.228 e. The topological polar surface area (TPSA) is 59.0 Å². The van der Waals surface area contributed by atoms with Gasteiger partial charge >= 0.3 is 0 Å². The number of anilines is 1. The van der Waals surface area contributed by atoms with E-state index in [0.717, 1.165) is 23.4 Å².